The van der Waals surface area contributed by atoms with Crippen LogP contribution in [0.5, 0.6) is 0 Å². The quantitative estimate of drug-likeness (QED) is 0.859. The third-order valence-corrected chi connectivity index (χ3v) is 3.26. The Kier molecular flexibility index (Phi) is 4.21. The Bertz CT molecular complexity index is 380. The van der Waals surface area contributed by atoms with Crippen LogP contribution in [-0.2, 0) is 11.2 Å². The Morgan fingerprint density at radius 3 is 2.59 bits per heavy atom. The molecule has 1 aliphatic heterocycles. The predicted octanol–water partition coefficient (Wildman–Crippen LogP) is 3.20. The SMILES string of the molecule is CCc1ccc(C(NC)C2=CCCCO2)cc1. The summed E-state index contributed by atoms with van der Waals surface area (Å²) in [6, 6.07) is 8.98. The van der Waals surface area contributed by atoms with E-state index >= 15 is 0 Å². The van der Waals surface area contributed by atoms with E-state index in [0.717, 1.165) is 31.6 Å². The zero-order chi connectivity index (χ0) is 12.1. The van der Waals surface area contributed by atoms with Gasteiger partial charge in [-0.05, 0) is 43.5 Å². The first-order valence-electron chi connectivity index (χ1n) is 6.44. The molecule has 0 bridgehead atoms. The highest BCUT2D eigenvalue weighted by atomic mass is 16.5. The number of ether oxygens (including phenoxy) is 1. The van der Waals surface area contributed by atoms with Gasteiger partial charge in [-0.25, -0.2) is 0 Å². The lowest BCUT2D eigenvalue weighted by molar-refractivity contribution is 0.169. The minimum absolute atomic E-state index is 0.196. The molecule has 1 aliphatic rings. The highest BCUT2D eigenvalue weighted by molar-refractivity contribution is 5.29. The van der Waals surface area contributed by atoms with Crippen LogP contribution in [0.3, 0.4) is 0 Å². The van der Waals surface area contributed by atoms with E-state index in [1.807, 2.05) is 7.05 Å². The van der Waals surface area contributed by atoms with Gasteiger partial charge >= 0.3 is 0 Å². The summed E-state index contributed by atoms with van der Waals surface area (Å²) < 4.78 is 5.74. The van der Waals surface area contributed by atoms with Crippen molar-refractivity contribution in [3.8, 4) is 0 Å². The maximum absolute atomic E-state index is 5.74. The molecule has 1 unspecified atom stereocenters. The van der Waals surface area contributed by atoms with Crippen molar-refractivity contribution in [1.82, 2.24) is 5.32 Å². The molecule has 17 heavy (non-hydrogen) atoms. The van der Waals surface area contributed by atoms with Crippen LogP contribution in [0.1, 0.15) is 36.9 Å². The van der Waals surface area contributed by atoms with Crippen LogP contribution in [0.15, 0.2) is 36.1 Å². The van der Waals surface area contributed by atoms with E-state index in [1.165, 1.54) is 11.1 Å². The van der Waals surface area contributed by atoms with Crippen LogP contribution in [0.2, 0.25) is 0 Å². The first-order valence-corrected chi connectivity index (χ1v) is 6.44. The van der Waals surface area contributed by atoms with Gasteiger partial charge in [0.1, 0.15) is 5.76 Å². The molecule has 2 heteroatoms. The predicted molar refractivity (Wildman–Crippen MR) is 70.9 cm³/mol. The third kappa shape index (κ3) is 2.89. The van der Waals surface area contributed by atoms with Crippen LogP contribution < -0.4 is 5.32 Å². The first kappa shape index (κ1) is 12.2. The smallest absolute Gasteiger partial charge is 0.113 e. The molecule has 0 spiro atoms. The third-order valence-electron chi connectivity index (χ3n) is 3.26. The van der Waals surface area contributed by atoms with E-state index in [9.17, 15) is 0 Å². The highest BCUT2D eigenvalue weighted by Gasteiger charge is 2.17. The first-order chi connectivity index (χ1) is 8.35. The summed E-state index contributed by atoms with van der Waals surface area (Å²) >= 11 is 0. The Labute approximate surface area is 104 Å². The van der Waals surface area contributed by atoms with Crippen molar-refractivity contribution in [2.45, 2.75) is 32.2 Å². The van der Waals surface area contributed by atoms with E-state index in [4.69, 9.17) is 4.74 Å². The van der Waals surface area contributed by atoms with Gasteiger partial charge in [-0.3, -0.25) is 0 Å². The maximum atomic E-state index is 5.74. The Hall–Kier alpha value is -1.28. The van der Waals surface area contributed by atoms with Crippen LogP contribution >= 0.6 is 0 Å². The topological polar surface area (TPSA) is 21.3 Å². The molecule has 0 radical (unpaired) electrons. The number of nitrogens with one attached hydrogen (secondary N) is 1. The van der Waals surface area contributed by atoms with Crippen molar-refractivity contribution in [2.75, 3.05) is 13.7 Å². The monoisotopic (exact) mass is 231 g/mol. The summed E-state index contributed by atoms with van der Waals surface area (Å²) in [6.07, 6.45) is 5.55. The second-order valence-electron chi connectivity index (χ2n) is 4.41. The maximum Gasteiger partial charge on any atom is 0.113 e. The molecule has 1 aromatic rings. The zero-order valence-electron chi connectivity index (χ0n) is 10.7. The summed E-state index contributed by atoms with van der Waals surface area (Å²) in [6.45, 7) is 3.02. The van der Waals surface area contributed by atoms with E-state index in [0.29, 0.717) is 0 Å². The summed E-state index contributed by atoms with van der Waals surface area (Å²) in [5.74, 6) is 1.07. The van der Waals surface area contributed by atoms with Crippen molar-refractivity contribution in [3.05, 3.63) is 47.2 Å². The molecule has 1 aromatic carbocycles. The number of likely N-dealkylation sites (N-methyl/N-ethyl adjacent to an activating group) is 1. The Balaban J connectivity index is 2.18. The summed E-state index contributed by atoms with van der Waals surface area (Å²) in [5.41, 5.74) is 2.65. The van der Waals surface area contributed by atoms with Crippen molar-refractivity contribution in [3.63, 3.8) is 0 Å². The lowest BCUT2D eigenvalue weighted by Crippen LogP contribution is -2.22. The summed E-state index contributed by atoms with van der Waals surface area (Å²) in [7, 11) is 1.98. The van der Waals surface area contributed by atoms with E-state index in [1.54, 1.807) is 0 Å². The molecular formula is C15H21NO. The molecule has 1 atom stereocenters. The standard InChI is InChI=1S/C15H21NO/c1-3-12-7-9-13(10-8-12)15(16-2)14-6-4-5-11-17-14/h6-10,15-16H,3-5,11H2,1-2H3. The van der Waals surface area contributed by atoms with Gasteiger partial charge in [0.2, 0.25) is 0 Å². The summed E-state index contributed by atoms with van der Waals surface area (Å²) in [5, 5.41) is 3.33. The molecule has 0 fully saturated rings. The molecule has 1 heterocycles. The second kappa shape index (κ2) is 5.87. The lowest BCUT2D eigenvalue weighted by atomic mass is 10.0. The van der Waals surface area contributed by atoms with Gasteiger partial charge in [0, 0.05) is 0 Å². The van der Waals surface area contributed by atoms with Gasteiger partial charge in [-0.15, -0.1) is 0 Å². The van der Waals surface area contributed by atoms with Gasteiger partial charge in [0.15, 0.2) is 0 Å². The molecule has 2 rings (SSSR count). The Morgan fingerprint density at radius 1 is 1.29 bits per heavy atom. The van der Waals surface area contributed by atoms with Crippen molar-refractivity contribution in [1.29, 1.82) is 0 Å². The molecule has 92 valence electrons. The summed E-state index contributed by atoms with van der Waals surface area (Å²) in [4.78, 5) is 0. The fraction of sp³-hybridized carbons (Fsp3) is 0.467. The van der Waals surface area contributed by atoms with Gasteiger partial charge in [0.25, 0.3) is 0 Å². The highest BCUT2D eigenvalue weighted by Crippen LogP contribution is 2.25. The van der Waals surface area contributed by atoms with Crippen LogP contribution in [0.25, 0.3) is 0 Å². The molecule has 1 N–H and O–H groups in total. The molecule has 0 saturated carbocycles. The molecule has 0 saturated heterocycles. The Morgan fingerprint density at radius 2 is 2.06 bits per heavy atom. The fourth-order valence-electron chi connectivity index (χ4n) is 2.20. The number of allylic oxidation sites excluding steroid dienone is 1. The molecule has 0 amide bonds. The number of benzene rings is 1. The minimum Gasteiger partial charge on any atom is -0.496 e. The van der Waals surface area contributed by atoms with Crippen molar-refractivity contribution < 1.29 is 4.74 Å². The number of aryl methyl sites for hydroxylation is 1. The average molecular weight is 231 g/mol. The van der Waals surface area contributed by atoms with Crippen molar-refractivity contribution in [2.24, 2.45) is 0 Å². The van der Waals surface area contributed by atoms with Gasteiger partial charge in [-0.2, -0.15) is 0 Å². The average Bonchev–Trinajstić information content (AvgIpc) is 2.42. The fourth-order valence-corrected chi connectivity index (χ4v) is 2.20. The normalized spacial score (nSPS) is 17.2. The van der Waals surface area contributed by atoms with Crippen LogP contribution in [0.4, 0.5) is 0 Å². The van der Waals surface area contributed by atoms with Gasteiger partial charge in [-0.1, -0.05) is 31.2 Å². The van der Waals surface area contributed by atoms with E-state index in [-0.39, 0.29) is 6.04 Å². The molecule has 2 nitrogen and oxygen atoms in total. The van der Waals surface area contributed by atoms with E-state index < -0.39 is 0 Å². The van der Waals surface area contributed by atoms with E-state index in [2.05, 4.69) is 42.6 Å². The van der Waals surface area contributed by atoms with Gasteiger partial charge < -0.3 is 10.1 Å². The largest absolute Gasteiger partial charge is 0.496 e. The number of rotatable bonds is 4. The number of hydrogen-bond donors (Lipinski definition) is 1. The van der Waals surface area contributed by atoms with Crippen LogP contribution in [0, 0.1) is 0 Å². The van der Waals surface area contributed by atoms with Crippen molar-refractivity contribution >= 4 is 0 Å². The van der Waals surface area contributed by atoms with Crippen LogP contribution in [-0.4, -0.2) is 13.7 Å². The second-order valence-corrected chi connectivity index (χ2v) is 4.41. The number of hydrogen-bond acceptors (Lipinski definition) is 2. The minimum atomic E-state index is 0.196. The molecule has 0 aromatic heterocycles. The molecular weight excluding hydrogens is 210 g/mol. The lowest BCUT2D eigenvalue weighted by Gasteiger charge is -2.24. The molecule has 0 aliphatic carbocycles. The van der Waals surface area contributed by atoms with Gasteiger partial charge in [0.05, 0.1) is 12.6 Å². The zero-order valence-corrected chi connectivity index (χ0v) is 10.7.